The first-order chi connectivity index (χ1) is 21.4. The molecule has 0 radical (unpaired) electrons. The Morgan fingerprint density at radius 2 is 1.71 bits per heavy atom. The molecule has 0 saturated carbocycles. The summed E-state index contributed by atoms with van der Waals surface area (Å²) in [4.78, 5) is 32.0. The molecule has 3 aliphatic rings. The van der Waals surface area contributed by atoms with Gasteiger partial charge in [-0.25, -0.2) is 8.42 Å². The van der Waals surface area contributed by atoms with Gasteiger partial charge >= 0.3 is 0 Å². The molecule has 13 heteroatoms. The van der Waals surface area contributed by atoms with E-state index in [4.69, 9.17) is 4.74 Å². The lowest BCUT2D eigenvalue weighted by Crippen LogP contribution is -2.75. The number of likely N-dealkylation sites (tertiary alicyclic amines) is 1. The summed E-state index contributed by atoms with van der Waals surface area (Å²) in [6.45, 7) is 12.4. The van der Waals surface area contributed by atoms with Crippen molar-refractivity contribution in [1.29, 1.82) is 0 Å². The highest BCUT2D eigenvalue weighted by Crippen LogP contribution is 2.40. The molecule has 3 fully saturated rings. The number of unbranched alkanes of at least 4 members (excludes halogenated alkanes) is 1. The minimum Gasteiger partial charge on any atom is -0.390 e. The molecular weight excluding hydrogens is 596 g/mol. The highest BCUT2D eigenvalue weighted by atomic mass is 32.2. The molecule has 5 rings (SSSR count). The van der Waals surface area contributed by atoms with E-state index < -0.39 is 27.7 Å². The van der Waals surface area contributed by atoms with E-state index in [9.17, 15) is 23.1 Å². The molecule has 2 aromatic rings. The number of sulfonamides is 1. The maximum absolute atomic E-state index is 13.8. The van der Waals surface area contributed by atoms with Gasteiger partial charge in [0.2, 0.25) is 21.8 Å². The molecule has 3 N–H and O–H groups in total. The summed E-state index contributed by atoms with van der Waals surface area (Å²) in [7, 11) is -3.68. The lowest BCUT2D eigenvalue weighted by atomic mass is 9.79. The fourth-order valence-corrected chi connectivity index (χ4v) is 9.05. The van der Waals surface area contributed by atoms with Crippen molar-refractivity contribution in [3.63, 3.8) is 0 Å². The van der Waals surface area contributed by atoms with Crippen LogP contribution in [-0.2, 0) is 24.3 Å². The molecular formula is C32H48N6O6S. The van der Waals surface area contributed by atoms with Crippen LogP contribution in [0.2, 0.25) is 0 Å². The Balaban J connectivity index is 1.44. The molecule has 3 aliphatic heterocycles. The van der Waals surface area contributed by atoms with E-state index in [1.54, 1.807) is 11.1 Å². The fraction of sp³-hybridized carbons (Fsp3) is 0.656. The molecule has 0 aliphatic carbocycles. The summed E-state index contributed by atoms with van der Waals surface area (Å²) in [6.07, 6.45) is 5.19. The number of nitrogens with one attached hydrogen (secondary N) is 2. The molecule has 1 spiro atoms. The number of carbonyl (C=O) groups excluding carboxylic acids is 2. The Bertz CT molecular complexity index is 1440. The zero-order valence-electron chi connectivity index (χ0n) is 27.1. The number of hydrogen-bond donors (Lipinski definition) is 3. The van der Waals surface area contributed by atoms with Gasteiger partial charge in [0.1, 0.15) is 11.6 Å². The summed E-state index contributed by atoms with van der Waals surface area (Å²) in [6, 6.07) is 2.71. The standard InChI is InChI=1S/C32H48N6O6S/c1-6-7-10-38-30(40)26(28(39)21(2)3)35-31(41)32(38)8-11-36(12-9-32)27(25-19-33-34-20-25)24-17-22(4)29(23(5)18-24)45(42,43)37-13-15-44-16-14-37/h17-21,26-28,39H,6-16H2,1-5H3,(H,33,34)(H,35,41)/t26-,27?,28-/m1/s1. The molecule has 0 bridgehead atoms. The van der Waals surface area contributed by atoms with E-state index in [2.05, 4.69) is 27.3 Å². The number of rotatable bonds is 10. The van der Waals surface area contributed by atoms with E-state index in [0.29, 0.717) is 74.8 Å². The lowest BCUT2D eigenvalue weighted by molar-refractivity contribution is -0.165. The first kappa shape index (κ1) is 33.5. The number of nitrogens with zero attached hydrogens (tertiary/aromatic N) is 4. The van der Waals surface area contributed by atoms with E-state index in [-0.39, 0.29) is 23.8 Å². The van der Waals surface area contributed by atoms with Crippen LogP contribution in [0.4, 0.5) is 0 Å². The van der Waals surface area contributed by atoms with Crippen LogP contribution in [0.15, 0.2) is 29.4 Å². The quantitative estimate of drug-likeness (QED) is 0.356. The van der Waals surface area contributed by atoms with Gasteiger partial charge in [0, 0.05) is 44.5 Å². The number of piperidine rings is 1. The van der Waals surface area contributed by atoms with Gasteiger partial charge in [0.15, 0.2) is 0 Å². The fourth-order valence-electron chi connectivity index (χ4n) is 7.23. The largest absolute Gasteiger partial charge is 0.390 e. The third-order valence-corrected chi connectivity index (χ3v) is 11.9. The molecule has 4 heterocycles. The number of aliphatic hydroxyl groups excluding tert-OH is 1. The van der Waals surface area contributed by atoms with Gasteiger partial charge in [-0.15, -0.1) is 0 Å². The minimum absolute atomic E-state index is 0.180. The number of aliphatic hydroxyl groups is 1. The average Bonchev–Trinajstić information content (AvgIpc) is 3.54. The SMILES string of the molecule is CCCCN1C(=O)[C@@H]([C@H](O)C(C)C)NC(=O)C12CCN(C(c1cn[nH]c1)c1cc(C)c(S(=O)(=O)N3CCOCC3)c(C)c1)CC2. The second-order valence-electron chi connectivity index (χ2n) is 13.0. The molecule has 45 heavy (non-hydrogen) atoms. The second-order valence-corrected chi connectivity index (χ2v) is 14.9. The van der Waals surface area contributed by atoms with Crippen LogP contribution in [0.1, 0.15) is 74.8 Å². The summed E-state index contributed by atoms with van der Waals surface area (Å²) in [5.74, 6) is -0.597. The Labute approximate surface area is 266 Å². The van der Waals surface area contributed by atoms with Crippen LogP contribution in [0.25, 0.3) is 0 Å². The number of morpholine rings is 1. The zero-order valence-corrected chi connectivity index (χ0v) is 27.9. The summed E-state index contributed by atoms with van der Waals surface area (Å²) in [5.41, 5.74) is 2.24. The summed E-state index contributed by atoms with van der Waals surface area (Å²) < 4.78 is 34.1. The molecule has 1 aromatic carbocycles. The number of aryl methyl sites for hydroxylation is 2. The van der Waals surface area contributed by atoms with Gasteiger partial charge in [0.05, 0.1) is 36.5 Å². The smallest absolute Gasteiger partial charge is 0.248 e. The van der Waals surface area contributed by atoms with Crippen molar-refractivity contribution in [2.45, 2.75) is 88.9 Å². The van der Waals surface area contributed by atoms with Crippen LogP contribution in [0, 0.1) is 19.8 Å². The first-order valence-corrected chi connectivity index (χ1v) is 17.6. The Hall–Kier alpha value is -2.84. The maximum Gasteiger partial charge on any atom is 0.248 e. The normalized spacial score (nSPS) is 23.0. The van der Waals surface area contributed by atoms with E-state index in [0.717, 1.165) is 24.0 Å². The number of aromatic amines is 1. The number of ether oxygens (including phenoxy) is 1. The van der Waals surface area contributed by atoms with E-state index in [1.807, 2.05) is 46.0 Å². The number of hydrogen-bond acceptors (Lipinski definition) is 8. The van der Waals surface area contributed by atoms with Gasteiger partial charge in [-0.1, -0.05) is 39.3 Å². The minimum atomic E-state index is -3.68. The van der Waals surface area contributed by atoms with Gasteiger partial charge in [0.25, 0.3) is 0 Å². The summed E-state index contributed by atoms with van der Waals surface area (Å²) in [5, 5.41) is 20.8. The van der Waals surface area contributed by atoms with Crippen LogP contribution < -0.4 is 5.32 Å². The number of H-pyrrole nitrogens is 1. The van der Waals surface area contributed by atoms with Gasteiger partial charge in [-0.05, 0) is 55.7 Å². The van der Waals surface area contributed by atoms with E-state index in [1.165, 1.54) is 4.31 Å². The zero-order chi connectivity index (χ0) is 32.5. The molecule has 3 atom stereocenters. The molecule has 2 amide bonds. The Morgan fingerprint density at radius 1 is 1.07 bits per heavy atom. The monoisotopic (exact) mass is 644 g/mol. The topological polar surface area (TPSA) is 148 Å². The van der Waals surface area contributed by atoms with Gasteiger partial charge < -0.3 is 20.1 Å². The first-order valence-electron chi connectivity index (χ1n) is 16.1. The molecule has 1 aromatic heterocycles. The van der Waals surface area contributed by atoms with Crippen molar-refractivity contribution in [2.24, 2.45) is 5.92 Å². The van der Waals surface area contributed by atoms with Crippen LogP contribution in [0.5, 0.6) is 0 Å². The van der Waals surface area contributed by atoms with Crippen molar-refractivity contribution in [2.75, 3.05) is 45.9 Å². The number of piperazine rings is 1. The Morgan fingerprint density at radius 3 is 2.27 bits per heavy atom. The molecule has 3 saturated heterocycles. The molecule has 1 unspecified atom stereocenters. The third kappa shape index (κ3) is 6.29. The summed E-state index contributed by atoms with van der Waals surface area (Å²) >= 11 is 0. The van der Waals surface area contributed by atoms with Crippen molar-refractivity contribution in [3.8, 4) is 0 Å². The van der Waals surface area contributed by atoms with Crippen molar-refractivity contribution < 1.29 is 27.9 Å². The van der Waals surface area contributed by atoms with Gasteiger partial charge in [-0.3, -0.25) is 19.6 Å². The van der Waals surface area contributed by atoms with E-state index >= 15 is 0 Å². The maximum atomic E-state index is 13.8. The van der Waals surface area contributed by atoms with Crippen LogP contribution >= 0.6 is 0 Å². The predicted molar refractivity (Wildman–Crippen MR) is 169 cm³/mol. The third-order valence-electron chi connectivity index (χ3n) is 9.71. The number of benzene rings is 1. The van der Waals surface area contributed by atoms with Gasteiger partial charge in [-0.2, -0.15) is 9.40 Å². The molecule has 12 nitrogen and oxygen atoms in total. The van der Waals surface area contributed by atoms with Crippen molar-refractivity contribution in [3.05, 3.63) is 46.8 Å². The lowest BCUT2D eigenvalue weighted by Gasteiger charge is -2.53. The van der Waals surface area contributed by atoms with Crippen molar-refractivity contribution in [1.82, 2.24) is 29.6 Å². The van der Waals surface area contributed by atoms with Crippen LogP contribution in [0.3, 0.4) is 0 Å². The number of amides is 2. The highest BCUT2D eigenvalue weighted by molar-refractivity contribution is 7.89. The predicted octanol–water partition coefficient (Wildman–Crippen LogP) is 2.12. The average molecular weight is 645 g/mol. The number of aromatic nitrogens is 2. The highest BCUT2D eigenvalue weighted by Gasteiger charge is 2.55. The number of carbonyl (C=O) groups is 2. The second kappa shape index (κ2) is 13.5. The van der Waals surface area contributed by atoms with Crippen molar-refractivity contribution >= 4 is 21.8 Å². The molecule has 248 valence electrons. The van der Waals surface area contributed by atoms with Crippen LogP contribution in [-0.4, -0.2) is 113 Å². The Kier molecular flexibility index (Phi) is 10.0.